The monoisotopic (exact) mass is 288 g/mol. The maximum atomic E-state index is 13.0. The molecule has 19 heavy (non-hydrogen) atoms. The molecular formula is C12H17FN2O3S. The molecular weight excluding hydrogens is 271 g/mol. The molecule has 0 aliphatic heterocycles. The molecule has 0 spiro atoms. The zero-order valence-electron chi connectivity index (χ0n) is 11.0. The van der Waals surface area contributed by atoms with Gasteiger partial charge in [0.25, 0.3) is 5.91 Å². The summed E-state index contributed by atoms with van der Waals surface area (Å²) in [4.78, 5) is 11.8. The van der Waals surface area contributed by atoms with Gasteiger partial charge in [-0.1, -0.05) is 0 Å². The Morgan fingerprint density at radius 1 is 1.42 bits per heavy atom. The second kappa shape index (κ2) is 5.16. The smallest absolute Gasteiger partial charge is 0.251 e. The summed E-state index contributed by atoms with van der Waals surface area (Å²) in [5.74, 6) is -1.10. The van der Waals surface area contributed by atoms with Gasteiger partial charge >= 0.3 is 0 Å². The summed E-state index contributed by atoms with van der Waals surface area (Å²) >= 11 is 0. The lowest BCUT2D eigenvalue weighted by Crippen LogP contribution is -2.43. The molecule has 7 heteroatoms. The zero-order chi connectivity index (χ0) is 14.8. The summed E-state index contributed by atoms with van der Waals surface area (Å²) in [5, 5.41) is 2.50. The molecule has 1 aromatic carbocycles. The van der Waals surface area contributed by atoms with Crippen LogP contribution in [0.4, 0.5) is 10.1 Å². The number of nitrogens with one attached hydrogen (secondary N) is 1. The van der Waals surface area contributed by atoms with Crippen molar-refractivity contribution in [3.05, 3.63) is 29.6 Å². The Kier molecular flexibility index (Phi) is 4.19. The Labute approximate surface area is 111 Å². The first-order valence-corrected chi connectivity index (χ1v) is 7.46. The minimum absolute atomic E-state index is 0.0397. The van der Waals surface area contributed by atoms with E-state index in [4.69, 9.17) is 5.73 Å². The molecule has 0 aromatic heterocycles. The van der Waals surface area contributed by atoms with Crippen LogP contribution in [0.2, 0.25) is 0 Å². The van der Waals surface area contributed by atoms with E-state index in [-0.39, 0.29) is 17.8 Å². The minimum atomic E-state index is -3.29. The molecule has 5 nitrogen and oxygen atoms in total. The number of carbonyl (C=O) groups excluding carboxylic acids is 1. The van der Waals surface area contributed by atoms with Gasteiger partial charge in [-0.15, -0.1) is 0 Å². The summed E-state index contributed by atoms with van der Waals surface area (Å²) in [7, 11) is -3.29. The van der Waals surface area contributed by atoms with Gasteiger partial charge in [-0.05, 0) is 32.0 Å². The van der Waals surface area contributed by atoms with E-state index in [0.717, 1.165) is 12.3 Å². The maximum absolute atomic E-state index is 13.0. The van der Waals surface area contributed by atoms with Gasteiger partial charge in [0.2, 0.25) is 0 Å². The third kappa shape index (κ3) is 3.66. The van der Waals surface area contributed by atoms with Crippen LogP contribution in [-0.4, -0.2) is 31.9 Å². The number of nitrogens with two attached hydrogens (primary N) is 1. The molecule has 0 fully saturated rings. The molecule has 0 unspecified atom stereocenters. The lowest BCUT2D eigenvalue weighted by Gasteiger charge is -2.22. The molecule has 0 saturated carbocycles. The van der Waals surface area contributed by atoms with E-state index in [1.807, 2.05) is 0 Å². The Balaban J connectivity index is 2.79. The second-order valence-corrected chi connectivity index (χ2v) is 7.60. The van der Waals surface area contributed by atoms with Gasteiger partial charge in [0.1, 0.15) is 5.82 Å². The van der Waals surface area contributed by atoms with Crippen molar-refractivity contribution in [2.24, 2.45) is 0 Å². The van der Waals surface area contributed by atoms with E-state index in [9.17, 15) is 17.6 Å². The number of nitrogen functional groups attached to an aromatic ring is 1. The average molecular weight is 288 g/mol. The van der Waals surface area contributed by atoms with E-state index in [1.165, 1.54) is 26.0 Å². The standard InChI is InChI=1S/C12H17FN2O3S/c1-12(2,19(3,17)18)7-15-11(16)8-4-5-9(13)10(14)6-8/h4-6H,7,14H2,1-3H3,(H,15,16). The second-order valence-electron chi connectivity index (χ2n) is 4.95. The minimum Gasteiger partial charge on any atom is -0.396 e. The zero-order valence-corrected chi connectivity index (χ0v) is 11.8. The molecule has 0 aliphatic rings. The van der Waals surface area contributed by atoms with Crippen LogP contribution in [-0.2, 0) is 9.84 Å². The van der Waals surface area contributed by atoms with E-state index in [2.05, 4.69) is 5.32 Å². The molecule has 0 saturated heterocycles. The van der Waals surface area contributed by atoms with Crippen molar-refractivity contribution in [1.29, 1.82) is 0 Å². The quantitative estimate of drug-likeness (QED) is 0.808. The number of anilines is 1. The SMILES string of the molecule is CC(C)(CNC(=O)c1ccc(F)c(N)c1)S(C)(=O)=O. The molecule has 0 atom stereocenters. The first-order chi connectivity index (χ1) is 8.54. The van der Waals surface area contributed by atoms with Crippen molar-refractivity contribution >= 4 is 21.4 Å². The molecule has 1 amide bonds. The first kappa shape index (κ1) is 15.4. The van der Waals surface area contributed by atoms with Crippen LogP contribution in [0.25, 0.3) is 0 Å². The topological polar surface area (TPSA) is 89.3 Å². The van der Waals surface area contributed by atoms with Gasteiger partial charge in [0, 0.05) is 18.4 Å². The number of carbonyl (C=O) groups is 1. The fourth-order valence-electron chi connectivity index (χ4n) is 1.21. The van der Waals surface area contributed by atoms with Gasteiger partial charge in [-0.2, -0.15) is 0 Å². The number of hydrogen-bond acceptors (Lipinski definition) is 4. The number of benzene rings is 1. The summed E-state index contributed by atoms with van der Waals surface area (Å²) in [6.45, 7) is 2.99. The maximum Gasteiger partial charge on any atom is 0.251 e. The van der Waals surface area contributed by atoms with Crippen LogP contribution >= 0.6 is 0 Å². The van der Waals surface area contributed by atoms with Gasteiger partial charge < -0.3 is 11.1 Å². The van der Waals surface area contributed by atoms with Crippen LogP contribution < -0.4 is 11.1 Å². The predicted molar refractivity (Wildman–Crippen MR) is 72.1 cm³/mol. The summed E-state index contributed by atoms with van der Waals surface area (Å²) < 4.78 is 34.8. The molecule has 0 bridgehead atoms. The normalized spacial score (nSPS) is 12.2. The fraction of sp³-hybridized carbons (Fsp3) is 0.417. The Bertz CT molecular complexity index is 597. The fourth-order valence-corrected chi connectivity index (χ4v) is 1.55. The number of rotatable bonds is 4. The number of amides is 1. The Morgan fingerprint density at radius 2 is 2.00 bits per heavy atom. The van der Waals surface area contributed by atoms with Crippen LogP contribution in [0.3, 0.4) is 0 Å². The van der Waals surface area contributed by atoms with Gasteiger partial charge in [-0.25, -0.2) is 12.8 Å². The van der Waals surface area contributed by atoms with Crippen LogP contribution in [0, 0.1) is 5.82 Å². The highest BCUT2D eigenvalue weighted by atomic mass is 32.2. The lowest BCUT2D eigenvalue weighted by molar-refractivity contribution is 0.0950. The number of hydrogen-bond donors (Lipinski definition) is 2. The van der Waals surface area contributed by atoms with Crippen LogP contribution in [0.1, 0.15) is 24.2 Å². The van der Waals surface area contributed by atoms with E-state index in [0.29, 0.717) is 0 Å². The molecule has 0 heterocycles. The first-order valence-electron chi connectivity index (χ1n) is 5.57. The molecule has 106 valence electrons. The van der Waals surface area contributed by atoms with Crippen LogP contribution in [0.15, 0.2) is 18.2 Å². The van der Waals surface area contributed by atoms with Crippen molar-refractivity contribution in [3.63, 3.8) is 0 Å². The summed E-state index contributed by atoms with van der Waals surface area (Å²) in [6, 6.07) is 3.58. The molecule has 0 radical (unpaired) electrons. The van der Waals surface area contributed by atoms with Crippen molar-refractivity contribution in [3.8, 4) is 0 Å². The Hall–Kier alpha value is -1.63. The van der Waals surface area contributed by atoms with E-state index < -0.39 is 26.3 Å². The molecule has 1 aromatic rings. The van der Waals surface area contributed by atoms with Gasteiger partial charge in [-0.3, -0.25) is 4.79 Å². The van der Waals surface area contributed by atoms with Crippen molar-refractivity contribution < 1.29 is 17.6 Å². The van der Waals surface area contributed by atoms with E-state index >= 15 is 0 Å². The molecule has 0 aliphatic carbocycles. The third-order valence-corrected chi connectivity index (χ3v) is 5.09. The number of sulfone groups is 1. The highest BCUT2D eigenvalue weighted by molar-refractivity contribution is 7.92. The third-order valence-electron chi connectivity index (χ3n) is 2.94. The average Bonchev–Trinajstić information content (AvgIpc) is 2.28. The van der Waals surface area contributed by atoms with Crippen molar-refractivity contribution in [2.45, 2.75) is 18.6 Å². The van der Waals surface area contributed by atoms with Crippen LogP contribution in [0.5, 0.6) is 0 Å². The largest absolute Gasteiger partial charge is 0.396 e. The Morgan fingerprint density at radius 3 is 2.47 bits per heavy atom. The van der Waals surface area contributed by atoms with Gasteiger partial charge in [0.05, 0.1) is 10.4 Å². The van der Waals surface area contributed by atoms with E-state index in [1.54, 1.807) is 0 Å². The van der Waals surface area contributed by atoms with Gasteiger partial charge in [0.15, 0.2) is 9.84 Å². The predicted octanol–water partition coefficient (Wildman–Crippen LogP) is 0.961. The summed E-state index contributed by atoms with van der Waals surface area (Å²) in [5.41, 5.74) is 5.41. The number of halogens is 1. The molecule has 1 rings (SSSR count). The molecule has 3 N–H and O–H groups in total. The van der Waals surface area contributed by atoms with Crippen molar-refractivity contribution in [1.82, 2.24) is 5.32 Å². The highest BCUT2D eigenvalue weighted by Crippen LogP contribution is 2.15. The summed E-state index contributed by atoms with van der Waals surface area (Å²) in [6.07, 6.45) is 1.11. The highest BCUT2D eigenvalue weighted by Gasteiger charge is 2.30. The van der Waals surface area contributed by atoms with Crippen molar-refractivity contribution in [2.75, 3.05) is 18.5 Å². The lowest BCUT2D eigenvalue weighted by atomic mass is 10.1.